The van der Waals surface area contributed by atoms with E-state index in [2.05, 4.69) is 10.4 Å². The highest BCUT2D eigenvalue weighted by atomic mass is 35.5. The van der Waals surface area contributed by atoms with Gasteiger partial charge in [0.15, 0.2) is 5.92 Å². The summed E-state index contributed by atoms with van der Waals surface area (Å²) in [5, 5.41) is 20.1. The number of hydrogen-bond acceptors (Lipinski definition) is 8. The molecule has 3 N–H and O–H groups in total. The Morgan fingerprint density at radius 1 is 1.16 bits per heavy atom. The van der Waals surface area contributed by atoms with Crippen LogP contribution in [-0.4, -0.2) is 45.0 Å². The largest absolute Gasteiger partial charge is 0.493 e. The average Bonchev–Trinajstić information content (AvgIpc) is 2.89. The lowest BCUT2D eigenvalue weighted by Gasteiger charge is -2.15. The second kappa shape index (κ2) is 9.98. The fraction of sp³-hybridized carbons (Fsp3) is 0.421. The fourth-order valence-electron chi connectivity index (χ4n) is 2.83. The summed E-state index contributed by atoms with van der Waals surface area (Å²) in [5.41, 5.74) is 1.38. The minimum atomic E-state index is -4.71. The maximum absolute atomic E-state index is 12.8. The Hall–Kier alpha value is -3.15. The fourth-order valence-corrected chi connectivity index (χ4v) is 3.09. The van der Waals surface area contributed by atoms with Gasteiger partial charge in [-0.3, -0.25) is 15.0 Å². The Morgan fingerprint density at radius 3 is 2.19 bits per heavy atom. The number of ether oxygens (including phenoxy) is 2. The summed E-state index contributed by atoms with van der Waals surface area (Å²) in [4.78, 5) is 28.0. The van der Waals surface area contributed by atoms with Gasteiger partial charge < -0.3 is 19.7 Å². The molecule has 32 heavy (non-hydrogen) atoms. The topological polar surface area (TPSA) is 123 Å². The van der Waals surface area contributed by atoms with Crippen LogP contribution >= 0.6 is 11.6 Å². The highest BCUT2D eigenvalue weighted by Crippen LogP contribution is 2.37. The number of carbonyl (C=O) groups excluding carboxylic acids is 2. The Balaban J connectivity index is 2.38. The van der Waals surface area contributed by atoms with E-state index in [1.807, 2.05) is 0 Å². The molecular formula is C19H21ClF3N3O6. The first-order valence-corrected chi connectivity index (χ1v) is 9.76. The van der Waals surface area contributed by atoms with E-state index in [0.29, 0.717) is 6.07 Å². The highest BCUT2D eigenvalue weighted by molar-refractivity contribution is 6.30. The molecule has 0 aliphatic carbocycles. The van der Waals surface area contributed by atoms with Crippen LogP contribution in [0.5, 0.6) is 11.8 Å². The lowest BCUT2D eigenvalue weighted by Crippen LogP contribution is -2.30. The van der Waals surface area contributed by atoms with Gasteiger partial charge in [-0.15, -0.1) is 0 Å². The van der Waals surface area contributed by atoms with E-state index >= 15 is 0 Å². The van der Waals surface area contributed by atoms with Crippen LogP contribution in [0.15, 0.2) is 12.1 Å². The Morgan fingerprint density at radius 2 is 1.72 bits per heavy atom. The van der Waals surface area contributed by atoms with Gasteiger partial charge in [-0.2, -0.15) is 17.8 Å². The van der Waals surface area contributed by atoms with Crippen molar-refractivity contribution in [3.05, 3.63) is 34.0 Å². The second-order valence-electron chi connectivity index (χ2n) is 6.49. The van der Waals surface area contributed by atoms with Crippen LogP contribution in [0.3, 0.4) is 0 Å². The SMILES string of the molecule is CCOC(=O)C(Cc1c(C)c(O)n(Nc2ccc(C(F)(F)F)c(Cl)n2)c1O)C(=O)OCC. The van der Waals surface area contributed by atoms with Crippen molar-refractivity contribution in [2.45, 2.75) is 33.4 Å². The van der Waals surface area contributed by atoms with Crippen LogP contribution in [0.2, 0.25) is 5.15 Å². The molecule has 0 fully saturated rings. The summed E-state index contributed by atoms with van der Waals surface area (Å²) in [6.07, 6.45) is -5.07. The Bertz CT molecular complexity index is 991. The molecule has 0 aliphatic heterocycles. The second-order valence-corrected chi connectivity index (χ2v) is 6.85. The minimum Gasteiger partial charge on any atom is -0.493 e. The quantitative estimate of drug-likeness (QED) is 0.299. The molecule has 176 valence electrons. The average molecular weight is 480 g/mol. The summed E-state index contributed by atoms with van der Waals surface area (Å²) < 4.78 is 49.0. The smallest absolute Gasteiger partial charge is 0.419 e. The summed E-state index contributed by atoms with van der Waals surface area (Å²) in [7, 11) is 0. The zero-order chi connectivity index (χ0) is 24.2. The minimum absolute atomic E-state index is 0.00781. The van der Waals surface area contributed by atoms with E-state index in [4.69, 9.17) is 21.1 Å². The van der Waals surface area contributed by atoms with Crippen molar-refractivity contribution in [2.24, 2.45) is 5.92 Å². The predicted molar refractivity (Wildman–Crippen MR) is 106 cm³/mol. The third kappa shape index (κ3) is 5.36. The molecule has 2 rings (SSSR count). The van der Waals surface area contributed by atoms with Gasteiger partial charge in [0, 0.05) is 17.5 Å². The number of anilines is 1. The molecule has 0 saturated heterocycles. The van der Waals surface area contributed by atoms with Gasteiger partial charge in [-0.1, -0.05) is 11.6 Å². The molecule has 0 atom stereocenters. The molecule has 0 saturated carbocycles. The molecule has 9 nitrogen and oxygen atoms in total. The van der Waals surface area contributed by atoms with Crippen molar-refractivity contribution in [3.8, 4) is 11.8 Å². The van der Waals surface area contributed by atoms with Gasteiger partial charge in [0.25, 0.3) is 0 Å². The van der Waals surface area contributed by atoms with E-state index in [0.717, 1.165) is 10.7 Å². The molecule has 0 unspecified atom stereocenters. The van der Waals surface area contributed by atoms with Crippen LogP contribution < -0.4 is 5.43 Å². The maximum Gasteiger partial charge on any atom is 0.419 e. The number of nitrogens with zero attached hydrogens (tertiary/aromatic N) is 2. The summed E-state index contributed by atoms with van der Waals surface area (Å²) in [6, 6.07) is 1.63. The summed E-state index contributed by atoms with van der Waals surface area (Å²) >= 11 is 5.59. The Labute approximate surface area is 185 Å². The first-order valence-electron chi connectivity index (χ1n) is 9.38. The monoisotopic (exact) mass is 479 g/mol. The standard InChI is InChI=1S/C19H21ClF3N3O6/c1-4-31-17(29)11(18(30)32-5-2)8-10-9(3)15(27)26(16(10)28)25-13-7-6-12(14(20)24-13)19(21,22)23/h6-7,11,27-28H,4-5,8H2,1-3H3,(H,24,25). The molecule has 2 heterocycles. The summed E-state index contributed by atoms with van der Waals surface area (Å²) in [5.74, 6) is -4.50. The van der Waals surface area contributed by atoms with Crippen LogP contribution in [0.1, 0.15) is 30.5 Å². The van der Waals surface area contributed by atoms with Gasteiger partial charge in [0.05, 0.1) is 18.8 Å². The number of rotatable bonds is 8. The van der Waals surface area contributed by atoms with Crippen molar-refractivity contribution in [2.75, 3.05) is 18.6 Å². The van der Waals surface area contributed by atoms with Gasteiger partial charge in [-0.25, -0.2) is 4.98 Å². The first kappa shape index (κ1) is 25.1. The third-order valence-electron chi connectivity index (χ3n) is 4.41. The molecular weight excluding hydrogens is 459 g/mol. The molecule has 13 heteroatoms. The number of aromatic nitrogens is 2. The lowest BCUT2D eigenvalue weighted by molar-refractivity contribution is -0.161. The van der Waals surface area contributed by atoms with E-state index < -0.39 is 46.5 Å². The Kier molecular flexibility index (Phi) is 7.83. The number of pyridine rings is 1. The van der Waals surface area contributed by atoms with E-state index in [1.54, 1.807) is 13.8 Å². The van der Waals surface area contributed by atoms with Crippen molar-refractivity contribution < 1.29 is 42.4 Å². The zero-order valence-electron chi connectivity index (χ0n) is 17.3. The molecule has 0 spiro atoms. The van der Waals surface area contributed by atoms with Crippen molar-refractivity contribution >= 4 is 29.4 Å². The number of hydrogen-bond donors (Lipinski definition) is 3. The molecule has 0 aromatic carbocycles. The van der Waals surface area contributed by atoms with Gasteiger partial charge in [0.1, 0.15) is 11.0 Å². The molecule has 0 amide bonds. The molecule has 0 radical (unpaired) electrons. The van der Waals surface area contributed by atoms with Crippen molar-refractivity contribution in [3.63, 3.8) is 0 Å². The van der Waals surface area contributed by atoms with E-state index in [-0.39, 0.29) is 36.6 Å². The number of carbonyl (C=O) groups is 2. The van der Waals surface area contributed by atoms with Crippen LogP contribution in [-0.2, 0) is 31.7 Å². The molecule has 2 aromatic rings. The van der Waals surface area contributed by atoms with Crippen LogP contribution in [0.25, 0.3) is 0 Å². The highest BCUT2D eigenvalue weighted by Gasteiger charge is 2.35. The van der Waals surface area contributed by atoms with E-state index in [9.17, 15) is 33.0 Å². The van der Waals surface area contributed by atoms with Crippen molar-refractivity contribution in [1.82, 2.24) is 9.66 Å². The van der Waals surface area contributed by atoms with Crippen LogP contribution in [0.4, 0.5) is 19.0 Å². The molecule has 0 bridgehead atoms. The third-order valence-corrected chi connectivity index (χ3v) is 4.70. The van der Waals surface area contributed by atoms with Crippen LogP contribution in [0, 0.1) is 12.8 Å². The lowest BCUT2D eigenvalue weighted by atomic mass is 9.98. The number of aromatic hydroxyl groups is 2. The number of alkyl halides is 3. The number of halogens is 4. The van der Waals surface area contributed by atoms with Gasteiger partial charge in [-0.05, 0) is 32.9 Å². The molecule has 0 aliphatic rings. The normalized spacial score (nSPS) is 11.5. The van der Waals surface area contributed by atoms with Gasteiger partial charge in [0.2, 0.25) is 11.8 Å². The predicted octanol–water partition coefficient (Wildman–Crippen LogP) is 3.44. The van der Waals surface area contributed by atoms with Crippen molar-refractivity contribution in [1.29, 1.82) is 0 Å². The number of nitrogens with one attached hydrogen (secondary N) is 1. The number of esters is 2. The van der Waals surface area contributed by atoms with Gasteiger partial charge >= 0.3 is 18.1 Å². The zero-order valence-corrected chi connectivity index (χ0v) is 18.0. The maximum atomic E-state index is 12.8. The summed E-state index contributed by atoms with van der Waals surface area (Å²) in [6.45, 7) is 4.53. The van der Waals surface area contributed by atoms with E-state index in [1.165, 1.54) is 6.92 Å². The first-order chi connectivity index (χ1) is 14.9. The molecule has 2 aromatic heterocycles.